The van der Waals surface area contributed by atoms with Gasteiger partial charge in [0.25, 0.3) is 0 Å². The van der Waals surface area contributed by atoms with Gasteiger partial charge in [-0.2, -0.15) is 0 Å². The number of ether oxygens (including phenoxy) is 2. The molecule has 4 nitrogen and oxygen atoms in total. The predicted octanol–water partition coefficient (Wildman–Crippen LogP) is 2.90. The summed E-state index contributed by atoms with van der Waals surface area (Å²) in [7, 11) is 0. The molecule has 1 aromatic heterocycles. The van der Waals surface area contributed by atoms with Gasteiger partial charge in [-0.25, -0.2) is 0 Å². The molecule has 2 atom stereocenters. The molecule has 0 spiro atoms. The maximum atomic E-state index is 10.3. The zero-order valence-corrected chi connectivity index (χ0v) is 12.7. The average Bonchev–Trinajstić information content (AvgIpc) is 3.06. The lowest BCUT2D eigenvalue weighted by atomic mass is 10.1. The summed E-state index contributed by atoms with van der Waals surface area (Å²) in [6.45, 7) is 3.73. The van der Waals surface area contributed by atoms with Crippen LogP contribution in [0.4, 0.5) is 0 Å². The van der Waals surface area contributed by atoms with Crippen LogP contribution in [0.3, 0.4) is 0 Å². The van der Waals surface area contributed by atoms with Gasteiger partial charge in [0, 0.05) is 17.5 Å². The topological polar surface area (TPSA) is 50.7 Å². The van der Waals surface area contributed by atoms with Crippen LogP contribution in [0.5, 0.6) is 11.5 Å². The van der Waals surface area contributed by atoms with Gasteiger partial charge in [0.15, 0.2) is 11.5 Å². The molecule has 2 unspecified atom stereocenters. The van der Waals surface area contributed by atoms with Crippen LogP contribution < -0.4 is 14.8 Å². The van der Waals surface area contributed by atoms with Gasteiger partial charge in [-0.3, -0.25) is 0 Å². The third-order valence-electron chi connectivity index (χ3n) is 3.54. The smallest absolute Gasteiger partial charge is 0.161 e. The van der Waals surface area contributed by atoms with Crippen molar-refractivity contribution in [3.8, 4) is 11.5 Å². The van der Waals surface area contributed by atoms with Gasteiger partial charge in [0.05, 0.1) is 6.10 Å². The Balaban J connectivity index is 1.61. The van der Waals surface area contributed by atoms with Crippen LogP contribution >= 0.6 is 11.3 Å². The molecule has 1 aliphatic rings. The summed E-state index contributed by atoms with van der Waals surface area (Å²) in [4.78, 5) is 1.27. The van der Waals surface area contributed by atoms with E-state index in [9.17, 15) is 5.11 Å². The molecule has 0 radical (unpaired) electrons. The lowest BCUT2D eigenvalue weighted by Crippen LogP contribution is -2.24. The second-order valence-corrected chi connectivity index (χ2v) is 6.04. The number of fused-ring (bicyclic) bond motifs is 1. The Morgan fingerprint density at radius 3 is 2.81 bits per heavy atom. The summed E-state index contributed by atoms with van der Waals surface area (Å²) < 4.78 is 11.0. The normalized spacial score (nSPS) is 16.5. The van der Waals surface area contributed by atoms with E-state index in [1.165, 1.54) is 4.88 Å². The summed E-state index contributed by atoms with van der Waals surface area (Å²) in [6, 6.07) is 9.97. The average molecular weight is 305 g/mol. The van der Waals surface area contributed by atoms with Crippen molar-refractivity contribution in [2.24, 2.45) is 0 Å². The Morgan fingerprint density at radius 1 is 1.24 bits per heavy atom. The molecule has 21 heavy (non-hydrogen) atoms. The fourth-order valence-electron chi connectivity index (χ4n) is 2.31. The van der Waals surface area contributed by atoms with Crippen molar-refractivity contribution in [1.29, 1.82) is 0 Å². The zero-order chi connectivity index (χ0) is 14.7. The van der Waals surface area contributed by atoms with E-state index in [0.717, 1.165) is 11.3 Å². The van der Waals surface area contributed by atoms with Gasteiger partial charge in [0.2, 0.25) is 0 Å². The van der Waals surface area contributed by atoms with Crippen molar-refractivity contribution in [1.82, 2.24) is 5.32 Å². The second-order valence-electron chi connectivity index (χ2n) is 5.06. The third-order valence-corrected chi connectivity index (χ3v) is 4.59. The molecule has 2 heterocycles. The fraction of sp³-hybridized carbons (Fsp3) is 0.375. The maximum absolute atomic E-state index is 10.3. The molecule has 2 N–H and O–H groups in total. The quantitative estimate of drug-likeness (QED) is 0.892. The number of hydrogen-bond acceptors (Lipinski definition) is 5. The predicted molar refractivity (Wildman–Crippen MR) is 83.1 cm³/mol. The SMILES string of the molecule is CC(NCC(O)c1ccc2c(c1)OCCO2)c1cccs1. The number of nitrogens with one attached hydrogen (secondary N) is 1. The second kappa shape index (κ2) is 6.47. The minimum Gasteiger partial charge on any atom is -0.486 e. The Morgan fingerprint density at radius 2 is 2.05 bits per heavy atom. The van der Waals surface area contributed by atoms with E-state index in [0.29, 0.717) is 25.5 Å². The monoisotopic (exact) mass is 305 g/mol. The van der Waals surface area contributed by atoms with Gasteiger partial charge < -0.3 is 19.9 Å². The van der Waals surface area contributed by atoms with Crippen molar-refractivity contribution in [3.63, 3.8) is 0 Å². The molecule has 0 aliphatic carbocycles. The maximum Gasteiger partial charge on any atom is 0.161 e. The van der Waals surface area contributed by atoms with Crippen molar-refractivity contribution in [3.05, 3.63) is 46.2 Å². The molecule has 1 aliphatic heterocycles. The van der Waals surface area contributed by atoms with E-state index in [1.807, 2.05) is 24.3 Å². The van der Waals surface area contributed by atoms with Crippen molar-refractivity contribution < 1.29 is 14.6 Å². The molecule has 5 heteroatoms. The highest BCUT2D eigenvalue weighted by Crippen LogP contribution is 2.32. The first-order valence-corrected chi connectivity index (χ1v) is 7.96. The Kier molecular flexibility index (Phi) is 4.43. The first-order valence-electron chi connectivity index (χ1n) is 7.08. The summed E-state index contributed by atoms with van der Waals surface area (Å²) in [5.41, 5.74) is 0.838. The minimum absolute atomic E-state index is 0.233. The summed E-state index contributed by atoms with van der Waals surface area (Å²) in [5.74, 6) is 1.46. The van der Waals surface area contributed by atoms with E-state index in [1.54, 1.807) is 11.3 Å². The molecular formula is C16H19NO3S. The minimum atomic E-state index is -0.566. The zero-order valence-electron chi connectivity index (χ0n) is 11.9. The van der Waals surface area contributed by atoms with Crippen LogP contribution in [-0.4, -0.2) is 24.9 Å². The summed E-state index contributed by atoms with van der Waals surface area (Å²) >= 11 is 1.72. The van der Waals surface area contributed by atoms with Crippen molar-refractivity contribution in [2.45, 2.75) is 19.1 Å². The number of aliphatic hydroxyl groups is 1. The van der Waals surface area contributed by atoms with Crippen LogP contribution in [-0.2, 0) is 0 Å². The number of benzene rings is 1. The van der Waals surface area contributed by atoms with E-state index in [-0.39, 0.29) is 6.04 Å². The van der Waals surface area contributed by atoms with Gasteiger partial charge in [-0.05, 0) is 36.1 Å². The van der Waals surface area contributed by atoms with Gasteiger partial charge in [-0.15, -0.1) is 11.3 Å². The molecule has 0 saturated carbocycles. The number of thiophene rings is 1. The van der Waals surface area contributed by atoms with E-state index < -0.39 is 6.10 Å². The summed E-state index contributed by atoms with van der Waals surface area (Å²) in [5, 5.41) is 15.7. The molecule has 3 rings (SSSR count). The van der Waals surface area contributed by atoms with E-state index in [4.69, 9.17) is 9.47 Å². The van der Waals surface area contributed by atoms with E-state index >= 15 is 0 Å². The Hall–Kier alpha value is -1.56. The first kappa shape index (κ1) is 14.4. The van der Waals surface area contributed by atoms with Crippen LogP contribution in [0.25, 0.3) is 0 Å². The number of aliphatic hydroxyl groups excluding tert-OH is 1. The van der Waals surface area contributed by atoms with Crippen LogP contribution in [0.1, 0.15) is 29.5 Å². The number of rotatable bonds is 5. The van der Waals surface area contributed by atoms with Crippen LogP contribution in [0.2, 0.25) is 0 Å². The third kappa shape index (κ3) is 3.37. The highest BCUT2D eigenvalue weighted by Gasteiger charge is 2.16. The summed E-state index contributed by atoms with van der Waals surface area (Å²) in [6.07, 6.45) is -0.566. The molecule has 2 aromatic rings. The van der Waals surface area contributed by atoms with Crippen LogP contribution in [0.15, 0.2) is 35.7 Å². The highest BCUT2D eigenvalue weighted by molar-refractivity contribution is 7.10. The molecule has 0 fully saturated rings. The Bertz CT molecular complexity index is 585. The standard InChI is InChI=1S/C16H19NO3S/c1-11(16-3-2-8-21-16)17-10-13(18)12-4-5-14-15(9-12)20-7-6-19-14/h2-5,8-9,11,13,17-18H,6-7,10H2,1H3. The molecule has 0 saturated heterocycles. The van der Waals surface area contributed by atoms with E-state index in [2.05, 4.69) is 23.7 Å². The van der Waals surface area contributed by atoms with Crippen molar-refractivity contribution >= 4 is 11.3 Å². The lowest BCUT2D eigenvalue weighted by Gasteiger charge is -2.21. The lowest BCUT2D eigenvalue weighted by molar-refractivity contribution is 0.161. The van der Waals surface area contributed by atoms with Gasteiger partial charge in [-0.1, -0.05) is 12.1 Å². The first-order chi connectivity index (χ1) is 10.2. The van der Waals surface area contributed by atoms with Crippen LogP contribution in [0, 0.1) is 0 Å². The number of hydrogen-bond donors (Lipinski definition) is 2. The van der Waals surface area contributed by atoms with Gasteiger partial charge in [0.1, 0.15) is 13.2 Å². The largest absolute Gasteiger partial charge is 0.486 e. The molecule has 0 amide bonds. The van der Waals surface area contributed by atoms with Crippen molar-refractivity contribution in [2.75, 3.05) is 19.8 Å². The highest BCUT2D eigenvalue weighted by atomic mass is 32.1. The molecule has 1 aromatic carbocycles. The molecule has 0 bridgehead atoms. The van der Waals surface area contributed by atoms with Gasteiger partial charge >= 0.3 is 0 Å². The Labute approximate surface area is 128 Å². The molecular weight excluding hydrogens is 286 g/mol. The fourth-order valence-corrected chi connectivity index (χ4v) is 3.07. The molecule has 112 valence electrons.